The molecule has 4 rings (SSSR count). The van der Waals surface area contributed by atoms with Gasteiger partial charge in [-0.25, -0.2) is 9.78 Å². The van der Waals surface area contributed by atoms with Gasteiger partial charge in [0.15, 0.2) is 5.82 Å². The Labute approximate surface area is 175 Å². The summed E-state index contributed by atoms with van der Waals surface area (Å²) < 4.78 is 0. The molecule has 3 heterocycles. The number of hydrazine groups is 1. The van der Waals surface area contributed by atoms with E-state index in [9.17, 15) is 9.59 Å². The van der Waals surface area contributed by atoms with Gasteiger partial charge in [0.05, 0.1) is 5.69 Å². The summed E-state index contributed by atoms with van der Waals surface area (Å²) in [4.78, 5) is 37.9. The zero-order valence-electron chi connectivity index (χ0n) is 17.3. The minimum Gasteiger partial charge on any atom is -0.312 e. The summed E-state index contributed by atoms with van der Waals surface area (Å²) in [7, 11) is 0. The molecule has 154 valence electrons. The molecule has 1 fully saturated rings. The fraction of sp³-hybridized carbons (Fsp3) is 0.500. The number of fused-ring (bicyclic) bond motifs is 1. The molecule has 1 aliphatic carbocycles. The van der Waals surface area contributed by atoms with E-state index in [1.54, 1.807) is 18.3 Å². The number of aromatic nitrogens is 1. The maximum Gasteiger partial charge on any atom is 0.377 e. The van der Waals surface area contributed by atoms with Crippen LogP contribution in [-0.4, -0.2) is 16.9 Å². The number of amides is 1. The van der Waals surface area contributed by atoms with Gasteiger partial charge in [-0.2, -0.15) is 5.01 Å². The number of anilines is 2. The SMILES string of the molecule is CC1CCC(C(=O)N2c3cc(C(C)(C)C)sc3C(=O)ON2c2ccccn2)CC1. The van der Waals surface area contributed by atoms with E-state index in [-0.39, 0.29) is 17.2 Å². The Morgan fingerprint density at radius 1 is 1.21 bits per heavy atom. The monoisotopic (exact) mass is 413 g/mol. The molecular formula is C22H27N3O3S. The van der Waals surface area contributed by atoms with Crippen molar-refractivity contribution < 1.29 is 14.4 Å². The predicted octanol–water partition coefficient (Wildman–Crippen LogP) is 5.11. The van der Waals surface area contributed by atoms with E-state index in [1.165, 1.54) is 21.5 Å². The van der Waals surface area contributed by atoms with E-state index in [4.69, 9.17) is 4.84 Å². The standard InChI is InChI=1S/C22H27N3O3S/c1-14-8-10-15(11-9-14)20(26)24-16-13-17(22(2,3)4)29-19(16)21(27)28-25(24)18-7-5-6-12-23-18/h5-7,12-15H,8-11H2,1-4H3. The average Bonchev–Trinajstić information content (AvgIpc) is 3.15. The van der Waals surface area contributed by atoms with Crippen LogP contribution < -0.4 is 10.2 Å². The fourth-order valence-electron chi connectivity index (χ4n) is 3.82. The van der Waals surface area contributed by atoms with Crippen LogP contribution in [0.15, 0.2) is 30.5 Å². The molecule has 1 saturated carbocycles. The van der Waals surface area contributed by atoms with Gasteiger partial charge < -0.3 is 4.84 Å². The van der Waals surface area contributed by atoms with E-state index < -0.39 is 5.97 Å². The Morgan fingerprint density at radius 3 is 2.55 bits per heavy atom. The predicted molar refractivity (Wildman–Crippen MR) is 114 cm³/mol. The first-order valence-corrected chi connectivity index (χ1v) is 11.0. The largest absolute Gasteiger partial charge is 0.377 e. The molecule has 0 atom stereocenters. The Balaban J connectivity index is 1.78. The summed E-state index contributed by atoms with van der Waals surface area (Å²) in [6.45, 7) is 8.53. The van der Waals surface area contributed by atoms with Gasteiger partial charge in [0.25, 0.3) is 5.91 Å². The van der Waals surface area contributed by atoms with Crippen molar-refractivity contribution in [2.24, 2.45) is 11.8 Å². The van der Waals surface area contributed by atoms with Crippen molar-refractivity contribution >= 4 is 34.7 Å². The number of pyridine rings is 1. The normalized spacial score (nSPS) is 22.3. The quantitative estimate of drug-likeness (QED) is 0.685. The third-order valence-electron chi connectivity index (χ3n) is 5.64. The lowest BCUT2D eigenvalue weighted by Gasteiger charge is -2.38. The van der Waals surface area contributed by atoms with Crippen LogP contribution in [0.4, 0.5) is 11.5 Å². The van der Waals surface area contributed by atoms with Crippen molar-refractivity contribution in [2.45, 2.75) is 58.8 Å². The highest BCUT2D eigenvalue weighted by Crippen LogP contribution is 2.43. The lowest BCUT2D eigenvalue weighted by Crippen LogP contribution is -2.54. The van der Waals surface area contributed by atoms with E-state index >= 15 is 0 Å². The lowest BCUT2D eigenvalue weighted by molar-refractivity contribution is -0.125. The summed E-state index contributed by atoms with van der Waals surface area (Å²) in [5.74, 6) is 0.490. The number of carbonyl (C=O) groups is 2. The van der Waals surface area contributed by atoms with Crippen LogP contribution in [0.25, 0.3) is 0 Å². The summed E-state index contributed by atoms with van der Waals surface area (Å²) in [6, 6.07) is 7.29. The molecule has 0 unspecified atom stereocenters. The number of carbonyl (C=O) groups excluding carboxylic acids is 2. The molecule has 0 N–H and O–H groups in total. The van der Waals surface area contributed by atoms with Gasteiger partial charge in [0.1, 0.15) is 4.88 Å². The Morgan fingerprint density at radius 2 is 1.93 bits per heavy atom. The molecule has 0 spiro atoms. The molecule has 0 aromatic carbocycles. The molecule has 7 heteroatoms. The van der Waals surface area contributed by atoms with E-state index in [2.05, 4.69) is 32.7 Å². The fourth-order valence-corrected chi connectivity index (χ4v) is 4.88. The molecule has 2 aliphatic rings. The van der Waals surface area contributed by atoms with Gasteiger partial charge in [-0.1, -0.05) is 38.9 Å². The van der Waals surface area contributed by atoms with Crippen LogP contribution in [0.2, 0.25) is 0 Å². The van der Waals surface area contributed by atoms with Gasteiger partial charge in [0, 0.05) is 17.0 Å². The van der Waals surface area contributed by atoms with Crippen LogP contribution in [0.3, 0.4) is 0 Å². The van der Waals surface area contributed by atoms with Gasteiger partial charge in [-0.15, -0.1) is 11.3 Å². The van der Waals surface area contributed by atoms with Crippen molar-refractivity contribution in [2.75, 3.05) is 10.2 Å². The molecule has 0 radical (unpaired) electrons. The molecule has 2 aromatic heterocycles. The third-order valence-corrected chi connectivity index (χ3v) is 7.17. The minimum absolute atomic E-state index is 0.0328. The minimum atomic E-state index is -0.451. The van der Waals surface area contributed by atoms with Gasteiger partial charge in [-0.05, 0) is 55.2 Å². The zero-order valence-corrected chi connectivity index (χ0v) is 18.2. The first-order valence-electron chi connectivity index (χ1n) is 10.2. The van der Waals surface area contributed by atoms with Crippen LogP contribution in [-0.2, 0) is 15.0 Å². The first-order chi connectivity index (χ1) is 13.8. The zero-order chi connectivity index (χ0) is 20.8. The Bertz CT molecular complexity index is 911. The second kappa shape index (κ2) is 7.44. The van der Waals surface area contributed by atoms with E-state index in [1.807, 2.05) is 12.1 Å². The highest BCUT2D eigenvalue weighted by molar-refractivity contribution is 7.14. The number of hydrogen-bond donors (Lipinski definition) is 0. The van der Waals surface area contributed by atoms with E-state index in [0.717, 1.165) is 30.6 Å². The molecule has 0 saturated heterocycles. The summed E-state index contributed by atoms with van der Waals surface area (Å²) in [6.07, 6.45) is 5.41. The van der Waals surface area contributed by atoms with Crippen molar-refractivity contribution in [1.82, 2.24) is 4.98 Å². The summed E-state index contributed by atoms with van der Waals surface area (Å²) in [5.41, 5.74) is 0.470. The summed E-state index contributed by atoms with van der Waals surface area (Å²) in [5, 5.41) is 2.80. The molecule has 1 amide bonds. The Kier molecular flexibility index (Phi) is 5.11. The molecule has 1 aliphatic heterocycles. The smallest absolute Gasteiger partial charge is 0.312 e. The van der Waals surface area contributed by atoms with Crippen LogP contribution in [0, 0.1) is 11.8 Å². The number of hydrogen-bond acceptors (Lipinski definition) is 6. The maximum atomic E-state index is 13.6. The first kappa shape index (κ1) is 19.9. The number of rotatable bonds is 2. The van der Waals surface area contributed by atoms with Crippen molar-refractivity contribution in [1.29, 1.82) is 0 Å². The van der Waals surface area contributed by atoms with Crippen LogP contribution >= 0.6 is 11.3 Å². The van der Waals surface area contributed by atoms with Crippen LogP contribution in [0.5, 0.6) is 0 Å². The third kappa shape index (κ3) is 3.75. The summed E-state index contributed by atoms with van der Waals surface area (Å²) >= 11 is 1.40. The second-order valence-electron chi connectivity index (χ2n) is 9.02. The van der Waals surface area contributed by atoms with Crippen molar-refractivity contribution in [3.63, 3.8) is 0 Å². The molecule has 6 nitrogen and oxygen atoms in total. The maximum absolute atomic E-state index is 13.6. The molecule has 2 aromatic rings. The molecular weight excluding hydrogens is 386 g/mol. The Hall–Kier alpha value is -2.41. The van der Waals surface area contributed by atoms with Gasteiger partial charge in [-0.3, -0.25) is 4.79 Å². The number of thiophene rings is 1. The molecule has 29 heavy (non-hydrogen) atoms. The molecule has 0 bridgehead atoms. The average molecular weight is 414 g/mol. The topological polar surface area (TPSA) is 62.7 Å². The van der Waals surface area contributed by atoms with Gasteiger partial charge >= 0.3 is 5.97 Å². The van der Waals surface area contributed by atoms with Crippen LogP contribution in [0.1, 0.15) is 67.9 Å². The highest BCUT2D eigenvalue weighted by Gasteiger charge is 2.42. The van der Waals surface area contributed by atoms with E-state index in [0.29, 0.717) is 22.3 Å². The second-order valence-corrected chi connectivity index (χ2v) is 10.1. The van der Waals surface area contributed by atoms with Gasteiger partial charge in [0.2, 0.25) is 0 Å². The van der Waals surface area contributed by atoms with Crippen molar-refractivity contribution in [3.05, 3.63) is 40.2 Å². The lowest BCUT2D eigenvalue weighted by atomic mass is 9.82. The number of nitrogens with zero attached hydrogens (tertiary/aromatic N) is 3. The highest BCUT2D eigenvalue weighted by atomic mass is 32.1. The van der Waals surface area contributed by atoms with Crippen molar-refractivity contribution in [3.8, 4) is 0 Å².